The lowest BCUT2D eigenvalue weighted by Gasteiger charge is -2.08. The van der Waals surface area contributed by atoms with Crippen LogP contribution in [-0.4, -0.2) is 18.4 Å². The Morgan fingerprint density at radius 2 is 2.00 bits per heavy atom. The molecular formula is C15H23NO. The molecule has 1 aromatic carbocycles. The molecule has 0 saturated heterocycles. The van der Waals surface area contributed by atoms with E-state index >= 15 is 0 Å². The third-order valence-electron chi connectivity index (χ3n) is 2.83. The number of aryl methyl sites for hydroxylation is 2. The molecule has 0 spiro atoms. The number of carbonyl (C=O) groups is 1. The normalized spacial score (nSPS) is 10.9. The summed E-state index contributed by atoms with van der Waals surface area (Å²) < 4.78 is 0. The molecule has 1 aromatic rings. The van der Waals surface area contributed by atoms with E-state index in [4.69, 9.17) is 0 Å². The highest BCUT2D eigenvalue weighted by molar-refractivity contribution is 5.97. The molecule has 94 valence electrons. The number of carbonyl (C=O) groups excluding carboxylic acids is 1. The number of hydrogen-bond donors (Lipinski definition) is 1. The largest absolute Gasteiger partial charge is 0.315 e. The van der Waals surface area contributed by atoms with Gasteiger partial charge in [0.15, 0.2) is 5.78 Å². The summed E-state index contributed by atoms with van der Waals surface area (Å²) >= 11 is 0. The zero-order valence-electron chi connectivity index (χ0n) is 11.3. The van der Waals surface area contributed by atoms with Gasteiger partial charge >= 0.3 is 0 Å². The van der Waals surface area contributed by atoms with Crippen molar-refractivity contribution in [2.45, 2.75) is 46.6 Å². The molecule has 0 aliphatic heterocycles. The quantitative estimate of drug-likeness (QED) is 0.603. The molecule has 0 fully saturated rings. The maximum Gasteiger partial charge on any atom is 0.163 e. The van der Waals surface area contributed by atoms with Crippen molar-refractivity contribution in [1.82, 2.24) is 5.32 Å². The van der Waals surface area contributed by atoms with Crippen LogP contribution in [0.15, 0.2) is 18.2 Å². The summed E-state index contributed by atoms with van der Waals surface area (Å²) in [6.45, 7) is 9.17. The fraction of sp³-hybridized carbons (Fsp3) is 0.533. The summed E-state index contributed by atoms with van der Waals surface area (Å²) in [5.74, 6) is 0.261. The van der Waals surface area contributed by atoms with Crippen LogP contribution in [0, 0.1) is 13.8 Å². The number of benzene rings is 1. The van der Waals surface area contributed by atoms with Crippen molar-refractivity contribution in [3.8, 4) is 0 Å². The second-order valence-electron chi connectivity index (χ2n) is 4.95. The predicted molar refractivity (Wildman–Crippen MR) is 72.6 cm³/mol. The highest BCUT2D eigenvalue weighted by Gasteiger charge is 2.08. The third-order valence-corrected chi connectivity index (χ3v) is 2.83. The van der Waals surface area contributed by atoms with Crippen LogP contribution >= 0.6 is 0 Å². The minimum atomic E-state index is 0.261. The Morgan fingerprint density at radius 3 is 2.65 bits per heavy atom. The zero-order chi connectivity index (χ0) is 12.8. The number of ketones is 1. The van der Waals surface area contributed by atoms with Gasteiger partial charge in [0.25, 0.3) is 0 Å². The van der Waals surface area contributed by atoms with Crippen LogP contribution in [0.5, 0.6) is 0 Å². The van der Waals surface area contributed by atoms with Crippen LogP contribution in [0.2, 0.25) is 0 Å². The van der Waals surface area contributed by atoms with E-state index in [-0.39, 0.29) is 5.78 Å². The smallest absolute Gasteiger partial charge is 0.163 e. The topological polar surface area (TPSA) is 29.1 Å². The fourth-order valence-electron chi connectivity index (χ4n) is 1.81. The lowest BCUT2D eigenvalue weighted by atomic mass is 9.99. The van der Waals surface area contributed by atoms with Gasteiger partial charge in [-0.25, -0.2) is 0 Å². The van der Waals surface area contributed by atoms with Crippen LogP contribution in [0.1, 0.15) is 48.2 Å². The van der Waals surface area contributed by atoms with Crippen molar-refractivity contribution in [1.29, 1.82) is 0 Å². The number of nitrogens with one attached hydrogen (secondary N) is 1. The molecule has 2 heteroatoms. The second kappa shape index (κ2) is 6.55. The first-order chi connectivity index (χ1) is 8.00. The summed E-state index contributed by atoms with van der Waals surface area (Å²) in [4.78, 5) is 12.0. The SMILES string of the molecule is Cc1ccc(C)c(C(=O)CCCNC(C)C)c1. The first-order valence-corrected chi connectivity index (χ1v) is 6.34. The Hall–Kier alpha value is -1.15. The van der Waals surface area contributed by atoms with Crippen molar-refractivity contribution in [3.63, 3.8) is 0 Å². The molecule has 0 unspecified atom stereocenters. The second-order valence-corrected chi connectivity index (χ2v) is 4.95. The van der Waals surface area contributed by atoms with Crippen molar-refractivity contribution in [2.75, 3.05) is 6.54 Å². The Kier molecular flexibility index (Phi) is 5.36. The Bertz CT molecular complexity index is 383. The maximum atomic E-state index is 12.0. The minimum absolute atomic E-state index is 0.261. The van der Waals surface area contributed by atoms with E-state index in [1.807, 2.05) is 32.0 Å². The Labute approximate surface area is 104 Å². The lowest BCUT2D eigenvalue weighted by Crippen LogP contribution is -2.24. The molecule has 0 bridgehead atoms. The minimum Gasteiger partial charge on any atom is -0.315 e. The average Bonchev–Trinajstić information content (AvgIpc) is 2.27. The first kappa shape index (κ1) is 13.9. The molecule has 1 rings (SSSR count). The number of Topliss-reactive ketones (excluding diaryl/α,β-unsaturated/α-hetero) is 1. The van der Waals surface area contributed by atoms with Gasteiger partial charge in [0.1, 0.15) is 0 Å². The van der Waals surface area contributed by atoms with Crippen LogP contribution in [-0.2, 0) is 0 Å². The Morgan fingerprint density at radius 1 is 1.29 bits per heavy atom. The van der Waals surface area contributed by atoms with E-state index in [1.165, 1.54) is 0 Å². The molecule has 0 aromatic heterocycles. The summed E-state index contributed by atoms with van der Waals surface area (Å²) in [7, 11) is 0. The zero-order valence-corrected chi connectivity index (χ0v) is 11.3. The van der Waals surface area contributed by atoms with Gasteiger partial charge < -0.3 is 5.32 Å². The van der Waals surface area contributed by atoms with Crippen molar-refractivity contribution >= 4 is 5.78 Å². The lowest BCUT2D eigenvalue weighted by molar-refractivity contribution is 0.0979. The molecule has 0 saturated carbocycles. The molecule has 0 amide bonds. The number of rotatable bonds is 6. The van der Waals surface area contributed by atoms with Gasteiger partial charge in [-0.3, -0.25) is 4.79 Å². The molecule has 1 N–H and O–H groups in total. The monoisotopic (exact) mass is 233 g/mol. The molecule has 0 heterocycles. The van der Waals surface area contributed by atoms with Crippen molar-refractivity contribution in [3.05, 3.63) is 34.9 Å². The van der Waals surface area contributed by atoms with Gasteiger partial charge in [0, 0.05) is 18.0 Å². The van der Waals surface area contributed by atoms with E-state index < -0.39 is 0 Å². The average molecular weight is 233 g/mol. The molecule has 2 nitrogen and oxygen atoms in total. The standard InChI is InChI=1S/C15H23NO/c1-11(2)16-9-5-6-15(17)14-10-12(3)7-8-13(14)4/h7-8,10-11,16H,5-6,9H2,1-4H3. The summed E-state index contributed by atoms with van der Waals surface area (Å²) in [6, 6.07) is 6.56. The van der Waals surface area contributed by atoms with Gasteiger partial charge in [-0.15, -0.1) is 0 Å². The number of hydrogen-bond acceptors (Lipinski definition) is 2. The fourth-order valence-corrected chi connectivity index (χ4v) is 1.81. The Balaban J connectivity index is 2.49. The predicted octanol–water partition coefficient (Wildman–Crippen LogP) is 3.26. The van der Waals surface area contributed by atoms with Gasteiger partial charge in [-0.2, -0.15) is 0 Å². The van der Waals surface area contributed by atoms with Gasteiger partial charge in [0.05, 0.1) is 0 Å². The van der Waals surface area contributed by atoms with Crippen LogP contribution in [0.25, 0.3) is 0 Å². The highest BCUT2D eigenvalue weighted by atomic mass is 16.1. The van der Waals surface area contributed by atoms with Gasteiger partial charge in [0.2, 0.25) is 0 Å². The van der Waals surface area contributed by atoms with Crippen molar-refractivity contribution < 1.29 is 4.79 Å². The summed E-state index contributed by atoms with van der Waals surface area (Å²) in [5.41, 5.74) is 3.12. The van der Waals surface area contributed by atoms with Crippen LogP contribution in [0.4, 0.5) is 0 Å². The van der Waals surface area contributed by atoms with Crippen molar-refractivity contribution in [2.24, 2.45) is 0 Å². The molecule has 0 atom stereocenters. The molecule has 0 radical (unpaired) electrons. The van der Waals surface area contributed by atoms with E-state index in [2.05, 4.69) is 19.2 Å². The van der Waals surface area contributed by atoms with E-state index in [9.17, 15) is 4.79 Å². The highest BCUT2D eigenvalue weighted by Crippen LogP contribution is 2.13. The molecule has 0 aliphatic carbocycles. The maximum absolute atomic E-state index is 12.0. The summed E-state index contributed by atoms with van der Waals surface area (Å²) in [6.07, 6.45) is 1.54. The molecular weight excluding hydrogens is 210 g/mol. The third kappa shape index (κ3) is 4.70. The van der Waals surface area contributed by atoms with E-state index in [0.29, 0.717) is 12.5 Å². The van der Waals surface area contributed by atoms with E-state index in [0.717, 1.165) is 29.7 Å². The van der Waals surface area contributed by atoms with Crippen LogP contribution < -0.4 is 5.32 Å². The molecule has 17 heavy (non-hydrogen) atoms. The van der Waals surface area contributed by atoms with Crippen LogP contribution in [0.3, 0.4) is 0 Å². The van der Waals surface area contributed by atoms with Gasteiger partial charge in [-0.05, 0) is 38.4 Å². The first-order valence-electron chi connectivity index (χ1n) is 6.34. The summed E-state index contributed by atoms with van der Waals surface area (Å²) in [5, 5.41) is 3.33. The molecule has 0 aliphatic rings. The van der Waals surface area contributed by atoms with E-state index in [1.54, 1.807) is 0 Å². The van der Waals surface area contributed by atoms with Gasteiger partial charge in [-0.1, -0.05) is 31.5 Å².